The Morgan fingerprint density at radius 2 is 1.93 bits per heavy atom. The van der Waals surface area contributed by atoms with Crippen LogP contribution in [0.1, 0.15) is 23.8 Å². The van der Waals surface area contributed by atoms with E-state index in [9.17, 15) is 8.42 Å². The molecule has 4 rings (SSSR count). The Kier molecular flexibility index (Phi) is 6.03. The number of methoxy groups -OCH3 is 1. The summed E-state index contributed by atoms with van der Waals surface area (Å²) in [5.74, 6) is 2.05. The number of benzene rings is 1. The highest BCUT2D eigenvalue weighted by Crippen LogP contribution is 2.36. The van der Waals surface area contributed by atoms with Gasteiger partial charge in [-0.3, -0.25) is 0 Å². The molecule has 30 heavy (non-hydrogen) atoms. The largest absolute Gasteiger partial charge is 0.496 e. The molecular weight excluding hydrogens is 420 g/mol. The van der Waals surface area contributed by atoms with Crippen LogP contribution < -0.4 is 14.4 Å². The van der Waals surface area contributed by atoms with Crippen LogP contribution in [0.15, 0.2) is 52.9 Å². The molecule has 0 aliphatic carbocycles. The number of hydrogen-bond donors (Lipinski definition) is 1. The van der Waals surface area contributed by atoms with E-state index < -0.39 is 10.0 Å². The van der Waals surface area contributed by atoms with Crippen LogP contribution in [0.2, 0.25) is 0 Å². The van der Waals surface area contributed by atoms with Crippen molar-refractivity contribution in [1.82, 2.24) is 14.7 Å². The molecule has 0 bridgehead atoms. The first-order valence-corrected chi connectivity index (χ1v) is 12.1. The zero-order chi connectivity index (χ0) is 21.1. The number of aromatic nitrogens is 2. The summed E-state index contributed by atoms with van der Waals surface area (Å²) < 4.78 is 31.5. The van der Waals surface area contributed by atoms with Gasteiger partial charge in [0.05, 0.1) is 17.8 Å². The summed E-state index contributed by atoms with van der Waals surface area (Å²) in [4.78, 5) is 11.6. The van der Waals surface area contributed by atoms with E-state index in [2.05, 4.69) is 20.0 Å². The van der Waals surface area contributed by atoms with Gasteiger partial charge in [-0.1, -0.05) is 12.1 Å². The molecule has 7 nitrogen and oxygen atoms in total. The van der Waals surface area contributed by atoms with Crippen molar-refractivity contribution in [3.63, 3.8) is 0 Å². The number of piperidine rings is 1. The second-order valence-corrected chi connectivity index (χ2v) is 9.87. The van der Waals surface area contributed by atoms with Gasteiger partial charge in [-0.15, -0.1) is 11.3 Å². The Hall–Kier alpha value is -2.49. The summed E-state index contributed by atoms with van der Waals surface area (Å²) >= 11 is 1.70. The molecule has 1 aromatic carbocycles. The number of nitrogens with one attached hydrogen (secondary N) is 1. The summed E-state index contributed by atoms with van der Waals surface area (Å²) in [5, 5.41) is 3.25. The van der Waals surface area contributed by atoms with Gasteiger partial charge >= 0.3 is 0 Å². The number of hydrogen-bond acceptors (Lipinski definition) is 7. The van der Waals surface area contributed by atoms with E-state index in [4.69, 9.17) is 9.72 Å². The molecule has 1 aliphatic rings. The Morgan fingerprint density at radius 1 is 1.17 bits per heavy atom. The van der Waals surface area contributed by atoms with E-state index in [-0.39, 0.29) is 4.90 Å². The van der Waals surface area contributed by atoms with Gasteiger partial charge in [-0.05, 0) is 44.2 Å². The number of ether oxygens (including phenoxy) is 1. The number of anilines is 1. The summed E-state index contributed by atoms with van der Waals surface area (Å²) in [6, 6.07) is 11.3. The lowest BCUT2D eigenvalue weighted by atomic mass is 9.97. The minimum Gasteiger partial charge on any atom is -0.496 e. The van der Waals surface area contributed by atoms with E-state index >= 15 is 0 Å². The molecule has 0 saturated carbocycles. The van der Waals surface area contributed by atoms with Crippen LogP contribution in [0.3, 0.4) is 0 Å². The van der Waals surface area contributed by atoms with E-state index in [1.54, 1.807) is 30.6 Å². The van der Waals surface area contributed by atoms with E-state index in [0.717, 1.165) is 53.8 Å². The predicted octanol–water partition coefficient (Wildman–Crippen LogP) is 3.51. The molecule has 9 heteroatoms. The summed E-state index contributed by atoms with van der Waals surface area (Å²) in [7, 11) is -0.391. The average Bonchev–Trinajstić information content (AvgIpc) is 3.29. The molecule has 3 aromatic rings. The van der Waals surface area contributed by atoms with Gasteiger partial charge in [0.1, 0.15) is 16.5 Å². The van der Waals surface area contributed by atoms with Gasteiger partial charge in [0, 0.05) is 36.1 Å². The molecule has 0 amide bonds. The Balaban J connectivity index is 1.42. The third kappa shape index (κ3) is 4.19. The average molecular weight is 445 g/mol. The second kappa shape index (κ2) is 8.71. The molecule has 3 heterocycles. The fourth-order valence-corrected chi connectivity index (χ4v) is 5.31. The molecule has 0 radical (unpaired) electrons. The molecule has 0 unspecified atom stereocenters. The van der Waals surface area contributed by atoms with Crippen LogP contribution in [0.4, 0.5) is 5.82 Å². The molecule has 0 atom stereocenters. The molecule has 2 aromatic heterocycles. The van der Waals surface area contributed by atoms with Crippen molar-refractivity contribution in [1.29, 1.82) is 0 Å². The normalized spacial score (nSPS) is 15.3. The fourth-order valence-electron chi connectivity index (χ4n) is 3.65. The number of thiazole rings is 1. The highest BCUT2D eigenvalue weighted by atomic mass is 32.2. The van der Waals surface area contributed by atoms with Gasteiger partial charge in [0.25, 0.3) is 0 Å². The van der Waals surface area contributed by atoms with Crippen molar-refractivity contribution in [2.75, 3.05) is 32.1 Å². The second-order valence-electron chi connectivity index (χ2n) is 7.09. The van der Waals surface area contributed by atoms with Gasteiger partial charge in [0.15, 0.2) is 0 Å². The van der Waals surface area contributed by atoms with Crippen LogP contribution in [0.5, 0.6) is 5.75 Å². The third-order valence-corrected chi connectivity index (χ3v) is 7.78. The van der Waals surface area contributed by atoms with Crippen LogP contribution >= 0.6 is 11.3 Å². The number of sulfonamides is 1. The number of pyridine rings is 1. The highest BCUT2D eigenvalue weighted by Gasteiger charge is 2.24. The van der Waals surface area contributed by atoms with E-state index in [1.165, 1.54) is 13.2 Å². The summed E-state index contributed by atoms with van der Waals surface area (Å²) in [6.07, 6.45) is 3.38. The molecule has 1 aliphatic heterocycles. The first-order valence-electron chi connectivity index (χ1n) is 9.75. The molecule has 158 valence electrons. The van der Waals surface area contributed by atoms with Crippen molar-refractivity contribution in [2.45, 2.75) is 23.7 Å². The quantitative estimate of drug-likeness (QED) is 0.626. The lowest BCUT2D eigenvalue weighted by Crippen LogP contribution is -2.33. The van der Waals surface area contributed by atoms with Crippen molar-refractivity contribution in [2.24, 2.45) is 0 Å². The number of rotatable bonds is 6. The maximum Gasteiger partial charge on any atom is 0.241 e. The Morgan fingerprint density at radius 3 is 2.60 bits per heavy atom. The SMILES string of the molecule is CNS(=O)(=O)c1ccc(N2CCC(c3nc(-c4ccccc4OC)cs3)CC2)nc1. The molecule has 1 saturated heterocycles. The lowest BCUT2D eigenvalue weighted by molar-refractivity contribution is 0.416. The van der Waals surface area contributed by atoms with Crippen molar-refractivity contribution in [3.05, 3.63) is 53.0 Å². The lowest BCUT2D eigenvalue weighted by Gasteiger charge is -2.32. The van der Waals surface area contributed by atoms with Crippen molar-refractivity contribution >= 4 is 27.2 Å². The van der Waals surface area contributed by atoms with Crippen LogP contribution in [0.25, 0.3) is 11.3 Å². The van der Waals surface area contributed by atoms with E-state index in [0.29, 0.717) is 5.92 Å². The first-order chi connectivity index (χ1) is 14.5. The predicted molar refractivity (Wildman–Crippen MR) is 119 cm³/mol. The smallest absolute Gasteiger partial charge is 0.241 e. The molecule has 1 N–H and O–H groups in total. The van der Waals surface area contributed by atoms with Gasteiger partial charge in [0.2, 0.25) is 10.0 Å². The summed E-state index contributed by atoms with van der Waals surface area (Å²) in [6.45, 7) is 1.72. The zero-order valence-electron chi connectivity index (χ0n) is 16.9. The Bertz CT molecular complexity index is 1110. The molecule has 1 fully saturated rings. The maximum absolute atomic E-state index is 11.9. The number of nitrogens with zero attached hydrogens (tertiary/aromatic N) is 3. The third-order valence-electron chi connectivity index (χ3n) is 5.37. The zero-order valence-corrected chi connectivity index (χ0v) is 18.5. The fraction of sp³-hybridized carbons (Fsp3) is 0.333. The number of para-hydroxylation sites is 1. The first kappa shape index (κ1) is 20.8. The topological polar surface area (TPSA) is 84.4 Å². The van der Waals surface area contributed by atoms with Crippen LogP contribution in [0, 0.1) is 0 Å². The maximum atomic E-state index is 11.9. The molecule has 0 spiro atoms. The Labute approximate surface area is 180 Å². The monoisotopic (exact) mass is 444 g/mol. The van der Waals surface area contributed by atoms with Crippen molar-refractivity contribution < 1.29 is 13.2 Å². The van der Waals surface area contributed by atoms with Crippen LogP contribution in [-0.4, -0.2) is 45.6 Å². The molecular formula is C21H24N4O3S2. The minimum absolute atomic E-state index is 0.176. The van der Waals surface area contributed by atoms with E-state index in [1.807, 2.05) is 24.3 Å². The van der Waals surface area contributed by atoms with Gasteiger partial charge in [-0.25, -0.2) is 23.1 Å². The van der Waals surface area contributed by atoms with Crippen LogP contribution in [-0.2, 0) is 10.0 Å². The van der Waals surface area contributed by atoms with Gasteiger partial charge in [-0.2, -0.15) is 0 Å². The highest BCUT2D eigenvalue weighted by molar-refractivity contribution is 7.89. The van der Waals surface area contributed by atoms with Crippen molar-refractivity contribution in [3.8, 4) is 17.0 Å². The van der Waals surface area contributed by atoms with Gasteiger partial charge < -0.3 is 9.64 Å². The summed E-state index contributed by atoms with van der Waals surface area (Å²) in [5.41, 5.74) is 1.97. The minimum atomic E-state index is -3.46. The standard InChI is InChI=1S/C21H24N4O3S2/c1-22-30(26,27)16-7-8-20(23-13-16)25-11-9-15(10-12-25)21-24-18(14-29-21)17-5-3-4-6-19(17)28-2/h3-8,13-15,22H,9-12H2,1-2H3.